The fraction of sp³-hybridized carbons (Fsp3) is 0.500. The molecule has 5 heteroatoms. The number of carboxylic acid groups (broad SMARTS) is 1. The highest BCUT2D eigenvalue weighted by molar-refractivity contribution is 6.04. The molecule has 0 aromatic carbocycles. The van der Waals surface area contributed by atoms with Crippen LogP contribution in [0.3, 0.4) is 0 Å². The first kappa shape index (κ1) is 12.1. The van der Waals surface area contributed by atoms with Crippen molar-refractivity contribution in [3.8, 4) is 0 Å². The molecule has 2 unspecified atom stereocenters. The van der Waals surface area contributed by atoms with E-state index in [2.05, 4.69) is 14.9 Å². The number of hydrogen-bond acceptors (Lipinski definition) is 4. The number of hydrogen-bond donors (Lipinski definition) is 1. The van der Waals surface area contributed by atoms with Crippen LogP contribution in [0.2, 0.25) is 0 Å². The number of carboxylic acids is 1. The number of carbonyl (C=O) groups is 1. The molecule has 0 radical (unpaired) electrons. The molecule has 0 bridgehead atoms. The van der Waals surface area contributed by atoms with E-state index in [0.717, 1.165) is 17.1 Å². The molecular weight excluding hydrogens is 242 g/mol. The van der Waals surface area contributed by atoms with Crippen molar-refractivity contribution < 1.29 is 9.90 Å². The van der Waals surface area contributed by atoms with E-state index in [0.29, 0.717) is 6.54 Å². The van der Waals surface area contributed by atoms with Crippen molar-refractivity contribution in [1.82, 2.24) is 9.88 Å². The maximum atomic E-state index is 11.5. The zero-order valence-corrected chi connectivity index (χ0v) is 11.3. The van der Waals surface area contributed by atoms with E-state index in [9.17, 15) is 9.90 Å². The monoisotopic (exact) mass is 259 g/mol. The Morgan fingerprint density at radius 1 is 1.58 bits per heavy atom. The summed E-state index contributed by atoms with van der Waals surface area (Å²) in [6.45, 7) is 6.77. The van der Waals surface area contributed by atoms with Gasteiger partial charge < -0.3 is 10.0 Å². The predicted octanol–water partition coefficient (Wildman–Crippen LogP) is 1.53. The second-order valence-corrected chi connectivity index (χ2v) is 5.67. The number of amidine groups is 1. The number of aliphatic imine (C=N–C) groups is 1. The van der Waals surface area contributed by atoms with E-state index < -0.39 is 17.6 Å². The molecule has 1 aromatic rings. The van der Waals surface area contributed by atoms with E-state index in [4.69, 9.17) is 0 Å². The Hall–Kier alpha value is -1.91. The minimum absolute atomic E-state index is 0.184. The van der Waals surface area contributed by atoms with Crippen molar-refractivity contribution in [1.29, 1.82) is 0 Å². The van der Waals surface area contributed by atoms with E-state index in [1.165, 1.54) is 0 Å². The number of nitrogens with zero attached hydrogens (tertiary/aromatic N) is 3. The third-order valence-electron chi connectivity index (χ3n) is 4.48. The highest BCUT2D eigenvalue weighted by atomic mass is 16.4. The number of aliphatic carboxylic acids is 1. The Morgan fingerprint density at radius 3 is 2.95 bits per heavy atom. The Kier molecular flexibility index (Phi) is 2.42. The first-order chi connectivity index (χ1) is 8.96. The van der Waals surface area contributed by atoms with Crippen molar-refractivity contribution in [2.24, 2.45) is 10.9 Å². The first-order valence-corrected chi connectivity index (χ1v) is 6.48. The van der Waals surface area contributed by atoms with Gasteiger partial charge in [0.05, 0.1) is 5.54 Å². The Morgan fingerprint density at radius 2 is 2.32 bits per heavy atom. The molecule has 1 aromatic heterocycles. The van der Waals surface area contributed by atoms with Gasteiger partial charge in [-0.15, -0.1) is 0 Å². The summed E-state index contributed by atoms with van der Waals surface area (Å²) in [5, 5.41) is 9.45. The van der Waals surface area contributed by atoms with Gasteiger partial charge >= 0.3 is 5.97 Å². The molecule has 2 atom stereocenters. The molecule has 0 saturated heterocycles. The molecular formula is C14H17N3O2. The van der Waals surface area contributed by atoms with E-state index in [1.54, 1.807) is 6.20 Å². The van der Waals surface area contributed by atoms with Crippen LogP contribution in [-0.4, -0.2) is 38.4 Å². The summed E-state index contributed by atoms with van der Waals surface area (Å²) in [5.74, 6) is 0.0546. The summed E-state index contributed by atoms with van der Waals surface area (Å²) < 4.78 is 0. The van der Waals surface area contributed by atoms with Crippen LogP contribution in [0, 0.1) is 5.92 Å². The largest absolute Gasteiger partial charge is 0.480 e. The average molecular weight is 259 g/mol. The topological polar surface area (TPSA) is 65.8 Å². The normalized spacial score (nSPS) is 28.3. The number of rotatable bonds is 2. The molecule has 0 saturated carbocycles. The molecule has 0 fully saturated rings. The van der Waals surface area contributed by atoms with Crippen LogP contribution in [0.5, 0.6) is 0 Å². The number of fused-ring (bicyclic) bond motifs is 3. The second-order valence-electron chi connectivity index (χ2n) is 5.67. The van der Waals surface area contributed by atoms with Gasteiger partial charge in [-0.2, -0.15) is 0 Å². The van der Waals surface area contributed by atoms with Crippen LogP contribution in [-0.2, 0) is 11.3 Å². The lowest BCUT2D eigenvalue weighted by Gasteiger charge is -2.40. The van der Waals surface area contributed by atoms with Crippen molar-refractivity contribution in [2.75, 3.05) is 0 Å². The van der Waals surface area contributed by atoms with Crippen molar-refractivity contribution in [2.45, 2.75) is 38.9 Å². The van der Waals surface area contributed by atoms with Gasteiger partial charge in [-0.1, -0.05) is 19.9 Å². The van der Waals surface area contributed by atoms with E-state index in [1.807, 2.05) is 32.9 Å². The molecule has 1 N–H and O–H groups in total. The van der Waals surface area contributed by atoms with Gasteiger partial charge in [-0.3, -0.25) is 4.98 Å². The van der Waals surface area contributed by atoms with Crippen LogP contribution in [0.15, 0.2) is 23.3 Å². The van der Waals surface area contributed by atoms with Crippen LogP contribution in [0.1, 0.15) is 32.0 Å². The summed E-state index contributed by atoms with van der Waals surface area (Å²) in [6.07, 6.45) is 1.73. The Labute approximate surface area is 112 Å². The maximum Gasteiger partial charge on any atom is 0.330 e. The van der Waals surface area contributed by atoms with E-state index >= 15 is 0 Å². The smallest absolute Gasteiger partial charge is 0.330 e. The van der Waals surface area contributed by atoms with Gasteiger partial charge in [0.15, 0.2) is 11.9 Å². The van der Waals surface area contributed by atoms with Gasteiger partial charge in [-0.05, 0) is 18.9 Å². The molecule has 2 aliphatic heterocycles. The minimum Gasteiger partial charge on any atom is -0.480 e. The third-order valence-corrected chi connectivity index (χ3v) is 4.48. The van der Waals surface area contributed by atoms with Crippen LogP contribution in [0.4, 0.5) is 0 Å². The standard InChI is InChI=1S/C14H17N3O2/c1-8(2)14(3)11(13(18)19)16-12-10-9(7-17(12)14)5-4-6-15-10/h4-6,8,11H,7H2,1-3H3,(H,18,19). The van der Waals surface area contributed by atoms with Crippen molar-refractivity contribution in [3.05, 3.63) is 29.6 Å². The summed E-state index contributed by atoms with van der Waals surface area (Å²) >= 11 is 0. The third kappa shape index (κ3) is 1.44. The van der Waals surface area contributed by atoms with Gasteiger partial charge in [0.1, 0.15) is 5.69 Å². The van der Waals surface area contributed by atoms with Gasteiger partial charge in [-0.25, -0.2) is 9.79 Å². The summed E-state index contributed by atoms with van der Waals surface area (Å²) in [4.78, 5) is 22.4. The number of aromatic nitrogens is 1. The molecule has 100 valence electrons. The van der Waals surface area contributed by atoms with Crippen LogP contribution >= 0.6 is 0 Å². The van der Waals surface area contributed by atoms with Gasteiger partial charge in [0.2, 0.25) is 0 Å². The molecule has 0 amide bonds. The number of pyridine rings is 1. The lowest BCUT2D eigenvalue weighted by Crippen LogP contribution is -2.55. The lowest BCUT2D eigenvalue weighted by atomic mass is 9.81. The molecule has 3 heterocycles. The minimum atomic E-state index is -0.865. The highest BCUT2D eigenvalue weighted by Crippen LogP contribution is 2.41. The second kappa shape index (κ2) is 3.79. The lowest BCUT2D eigenvalue weighted by molar-refractivity contribution is -0.141. The average Bonchev–Trinajstić information content (AvgIpc) is 2.86. The van der Waals surface area contributed by atoms with Gasteiger partial charge in [0.25, 0.3) is 0 Å². The molecule has 5 nitrogen and oxygen atoms in total. The van der Waals surface area contributed by atoms with Gasteiger partial charge in [0, 0.05) is 18.3 Å². The first-order valence-electron chi connectivity index (χ1n) is 6.48. The van der Waals surface area contributed by atoms with Crippen molar-refractivity contribution in [3.63, 3.8) is 0 Å². The Balaban J connectivity index is 2.13. The molecule has 2 aliphatic rings. The molecule has 0 spiro atoms. The Bertz CT molecular complexity index is 582. The summed E-state index contributed by atoms with van der Waals surface area (Å²) in [6, 6.07) is 3.21. The highest BCUT2D eigenvalue weighted by Gasteiger charge is 2.54. The van der Waals surface area contributed by atoms with Crippen LogP contribution < -0.4 is 0 Å². The maximum absolute atomic E-state index is 11.5. The fourth-order valence-electron chi connectivity index (χ4n) is 3.00. The summed E-state index contributed by atoms with van der Waals surface area (Å²) in [5.41, 5.74) is 1.46. The fourth-order valence-corrected chi connectivity index (χ4v) is 3.00. The molecule has 3 rings (SSSR count). The quantitative estimate of drug-likeness (QED) is 0.874. The molecule has 19 heavy (non-hydrogen) atoms. The SMILES string of the molecule is CC(C)C1(C)C(C(=O)O)N=C2c3ncccc3CN21. The molecule has 0 aliphatic carbocycles. The summed E-state index contributed by atoms with van der Waals surface area (Å²) in [7, 11) is 0. The predicted molar refractivity (Wildman–Crippen MR) is 71.0 cm³/mol. The van der Waals surface area contributed by atoms with Crippen LogP contribution in [0.25, 0.3) is 0 Å². The zero-order valence-electron chi connectivity index (χ0n) is 11.3. The van der Waals surface area contributed by atoms with Crippen molar-refractivity contribution >= 4 is 11.8 Å². The zero-order chi connectivity index (χ0) is 13.8. The van der Waals surface area contributed by atoms with E-state index in [-0.39, 0.29) is 5.92 Å².